The number of amides is 1. The van der Waals surface area contributed by atoms with Gasteiger partial charge in [0.05, 0.1) is 17.0 Å². The van der Waals surface area contributed by atoms with Crippen molar-refractivity contribution in [1.82, 2.24) is 10.2 Å². The normalized spacial score (nSPS) is 12.4. The molecule has 0 unspecified atom stereocenters. The van der Waals surface area contributed by atoms with Crippen molar-refractivity contribution >= 4 is 27.6 Å². The summed E-state index contributed by atoms with van der Waals surface area (Å²) in [5, 5.41) is 10.3. The van der Waals surface area contributed by atoms with Crippen molar-refractivity contribution in [2.75, 3.05) is 23.5 Å². The Morgan fingerprint density at radius 3 is 2.49 bits per heavy atom. The van der Waals surface area contributed by atoms with Crippen molar-refractivity contribution in [2.45, 2.75) is 11.3 Å². The topological polar surface area (TPSA) is 124 Å². The average molecular weight is 493 g/mol. The van der Waals surface area contributed by atoms with Crippen molar-refractivity contribution in [2.24, 2.45) is 0 Å². The van der Waals surface area contributed by atoms with Crippen LogP contribution in [0.3, 0.4) is 0 Å². The zero-order valence-corrected chi connectivity index (χ0v) is 19.4. The van der Waals surface area contributed by atoms with Crippen molar-refractivity contribution < 1.29 is 27.1 Å². The fraction of sp³-hybridized carbons (Fsp3) is 0.125. The lowest BCUT2D eigenvalue weighted by molar-refractivity contribution is 0.102. The predicted octanol–water partition coefficient (Wildman–Crippen LogP) is 3.47. The van der Waals surface area contributed by atoms with Gasteiger partial charge < -0.3 is 13.9 Å². The number of sulfonamides is 1. The van der Waals surface area contributed by atoms with Crippen LogP contribution in [0.25, 0.3) is 0 Å². The van der Waals surface area contributed by atoms with Crippen molar-refractivity contribution in [3.8, 4) is 11.5 Å². The molecule has 11 heteroatoms. The van der Waals surface area contributed by atoms with E-state index in [0.717, 1.165) is 5.56 Å². The number of nitrogens with zero attached hydrogens (tertiary/aromatic N) is 3. The van der Waals surface area contributed by atoms with Gasteiger partial charge in [-0.05, 0) is 54.1 Å². The first-order valence-corrected chi connectivity index (χ1v) is 12.0. The van der Waals surface area contributed by atoms with E-state index in [9.17, 15) is 13.2 Å². The van der Waals surface area contributed by atoms with Crippen LogP contribution in [0.15, 0.2) is 82.1 Å². The SMILES string of the molecule is CN(c1ccccc1)S(=O)(=O)c1ccc(C(=O)Nc2nnc(Cc3ccc4c(c3)OCO4)o2)cc1. The van der Waals surface area contributed by atoms with Gasteiger partial charge in [0.15, 0.2) is 11.5 Å². The second kappa shape index (κ2) is 9.11. The van der Waals surface area contributed by atoms with Crippen LogP contribution in [0.2, 0.25) is 0 Å². The molecule has 0 aliphatic carbocycles. The zero-order valence-electron chi connectivity index (χ0n) is 18.5. The first-order chi connectivity index (χ1) is 16.9. The third-order valence-corrected chi connectivity index (χ3v) is 7.17. The van der Waals surface area contributed by atoms with E-state index in [1.165, 1.54) is 35.6 Å². The van der Waals surface area contributed by atoms with Gasteiger partial charge in [0, 0.05) is 12.6 Å². The van der Waals surface area contributed by atoms with Gasteiger partial charge in [0.1, 0.15) is 0 Å². The van der Waals surface area contributed by atoms with Gasteiger partial charge >= 0.3 is 6.01 Å². The maximum atomic E-state index is 12.9. The van der Waals surface area contributed by atoms with Crippen LogP contribution in [0.1, 0.15) is 21.8 Å². The lowest BCUT2D eigenvalue weighted by atomic mass is 10.1. The molecule has 1 amide bonds. The number of ether oxygens (including phenoxy) is 2. The second-order valence-electron chi connectivity index (χ2n) is 7.65. The van der Waals surface area contributed by atoms with E-state index in [1.807, 2.05) is 12.1 Å². The number of hydrogen-bond acceptors (Lipinski definition) is 8. The minimum absolute atomic E-state index is 0.0594. The van der Waals surface area contributed by atoms with Gasteiger partial charge in [0.25, 0.3) is 15.9 Å². The molecular formula is C24H20N4O6S. The summed E-state index contributed by atoms with van der Waals surface area (Å²) in [6.45, 7) is 0.187. The third kappa shape index (κ3) is 4.66. The number of benzene rings is 3. The highest BCUT2D eigenvalue weighted by atomic mass is 32.2. The van der Waals surface area contributed by atoms with E-state index < -0.39 is 15.9 Å². The number of anilines is 2. The van der Waals surface area contributed by atoms with Crippen LogP contribution >= 0.6 is 0 Å². The molecule has 3 aromatic carbocycles. The van der Waals surface area contributed by atoms with Crippen molar-refractivity contribution in [3.05, 3.63) is 89.8 Å². The number of carbonyl (C=O) groups is 1. The van der Waals surface area contributed by atoms with Gasteiger partial charge in [-0.2, -0.15) is 0 Å². The molecule has 0 saturated carbocycles. The van der Waals surface area contributed by atoms with E-state index in [0.29, 0.717) is 29.5 Å². The number of para-hydroxylation sites is 1. The van der Waals surface area contributed by atoms with E-state index in [-0.39, 0.29) is 23.3 Å². The summed E-state index contributed by atoms with van der Waals surface area (Å²) in [5.41, 5.74) is 1.65. The van der Waals surface area contributed by atoms with E-state index in [1.54, 1.807) is 36.4 Å². The minimum atomic E-state index is -3.78. The molecule has 0 saturated heterocycles. The van der Waals surface area contributed by atoms with Gasteiger partial charge in [0.2, 0.25) is 12.7 Å². The molecule has 0 bridgehead atoms. The largest absolute Gasteiger partial charge is 0.454 e. The highest BCUT2D eigenvalue weighted by Crippen LogP contribution is 2.33. The molecule has 1 aromatic heterocycles. The van der Waals surface area contributed by atoms with Crippen LogP contribution in [0, 0.1) is 0 Å². The fourth-order valence-electron chi connectivity index (χ4n) is 3.48. The average Bonchev–Trinajstić information content (AvgIpc) is 3.53. The van der Waals surface area contributed by atoms with Crippen LogP contribution in [-0.4, -0.2) is 38.4 Å². The molecule has 35 heavy (non-hydrogen) atoms. The van der Waals surface area contributed by atoms with E-state index in [2.05, 4.69) is 15.5 Å². The summed E-state index contributed by atoms with van der Waals surface area (Å²) < 4.78 is 43.2. The maximum absolute atomic E-state index is 12.9. The number of fused-ring (bicyclic) bond motifs is 1. The Morgan fingerprint density at radius 1 is 0.971 bits per heavy atom. The van der Waals surface area contributed by atoms with Crippen LogP contribution in [0.4, 0.5) is 11.7 Å². The molecule has 2 heterocycles. The molecular weight excluding hydrogens is 472 g/mol. The molecule has 1 N–H and O–H groups in total. The maximum Gasteiger partial charge on any atom is 0.322 e. The first kappa shape index (κ1) is 22.4. The molecule has 178 valence electrons. The smallest absolute Gasteiger partial charge is 0.322 e. The van der Waals surface area contributed by atoms with Crippen LogP contribution < -0.4 is 19.1 Å². The standard InChI is InChI=1S/C24H20N4O6S/c1-28(18-5-3-2-4-6-18)35(30,31)19-10-8-17(9-11-19)23(29)25-24-27-26-22(34-24)14-16-7-12-20-21(13-16)33-15-32-20/h2-13H,14-15H2,1H3,(H,25,27,29). The Balaban J connectivity index is 1.24. The minimum Gasteiger partial charge on any atom is -0.454 e. The third-order valence-electron chi connectivity index (χ3n) is 5.37. The summed E-state index contributed by atoms with van der Waals surface area (Å²) in [6.07, 6.45) is 0.348. The number of aromatic nitrogens is 2. The highest BCUT2D eigenvalue weighted by molar-refractivity contribution is 7.92. The molecule has 1 aliphatic rings. The zero-order chi connectivity index (χ0) is 24.4. The summed E-state index contributed by atoms with van der Waals surface area (Å²) >= 11 is 0. The Labute approximate surface area is 201 Å². The predicted molar refractivity (Wildman–Crippen MR) is 126 cm³/mol. The molecule has 4 aromatic rings. The Morgan fingerprint density at radius 2 is 1.71 bits per heavy atom. The fourth-order valence-corrected chi connectivity index (χ4v) is 4.68. The highest BCUT2D eigenvalue weighted by Gasteiger charge is 2.22. The van der Waals surface area contributed by atoms with Gasteiger partial charge in [-0.15, -0.1) is 5.10 Å². The molecule has 5 rings (SSSR count). The molecule has 1 aliphatic heterocycles. The quantitative estimate of drug-likeness (QED) is 0.416. The second-order valence-corrected chi connectivity index (χ2v) is 9.62. The molecule has 0 spiro atoms. The summed E-state index contributed by atoms with van der Waals surface area (Å²) in [7, 11) is -2.31. The van der Waals surface area contributed by atoms with Crippen LogP contribution in [-0.2, 0) is 16.4 Å². The van der Waals surface area contributed by atoms with Crippen molar-refractivity contribution in [3.63, 3.8) is 0 Å². The number of nitrogens with one attached hydrogen (secondary N) is 1. The Hall–Kier alpha value is -4.38. The summed E-state index contributed by atoms with van der Waals surface area (Å²) in [4.78, 5) is 12.7. The Kier molecular flexibility index (Phi) is 5.83. The van der Waals surface area contributed by atoms with E-state index >= 15 is 0 Å². The number of hydrogen-bond donors (Lipinski definition) is 1. The monoisotopic (exact) mass is 492 g/mol. The lowest BCUT2D eigenvalue weighted by Gasteiger charge is -2.19. The molecule has 10 nitrogen and oxygen atoms in total. The van der Waals surface area contributed by atoms with Gasteiger partial charge in [-0.3, -0.25) is 14.4 Å². The molecule has 0 atom stereocenters. The number of carbonyl (C=O) groups excluding carboxylic acids is 1. The molecule has 0 fully saturated rings. The summed E-state index contributed by atoms with van der Waals surface area (Å²) in [6, 6.07) is 19.7. The first-order valence-electron chi connectivity index (χ1n) is 10.6. The van der Waals surface area contributed by atoms with Gasteiger partial charge in [-0.1, -0.05) is 29.4 Å². The summed E-state index contributed by atoms with van der Waals surface area (Å²) in [5.74, 6) is 1.13. The lowest BCUT2D eigenvalue weighted by Crippen LogP contribution is -2.26. The van der Waals surface area contributed by atoms with Crippen molar-refractivity contribution in [1.29, 1.82) is 0 Å². The molecule has 0 radical (unpaired) electrons. The van der Waals surface area contributed by atoms with Crippen LogP contribution in [0.5, 0.6) is 11.5 Å². The Bertz CT molecular complexity index is 1470. The van der Waals surface area contributed by atoms with E-state index in [4.69, 9.17) is 13.9 Å². The number of rotatable bonds is 7. The van der Waals surface area contributed by atoms with Gasteiger partial charge in [-0.25, -0.2) is 8.42 Å².